The summed E-state index contributed by atoms with van der Waals surface area (Å²) in [6.45, 7) is 22.7. The minimum atomic E-state index is -0.0574. The van der Waals surface area contributed by atoms with Gasteiger partial charge >= 0.3 is 0 Å². The minimum absolute atomic E-state index is 0.0574. The summed E-state index contributed by atoms with van der Waals surface area (Å²) in [6.07, 6.45) is 0. The van der Waals surface area contributed by atoms with E-state index in [1.807, 2.05) is 0 Å². The summed E-state index contributed by atoms with van der Waals surface area (Å²) >= 11 is 0. The quantitative estimate of drug-likeness (QED) is 0.0622. The predicted molar refractivity (Wildman–Crippen MR) is 580 cm³/mol. The molecule has 4 heterocycles. The molecule has 0 spiro atoms. The van der Waals surface area contributed by atoms with Crippen molar-refractivity contribution in [1.29, 1.82) is 0 Å². The van der Waals surface area contributed by atoms with E-state index in [2.05, 4.69) is 550 Å². The Hall–Kier alpha value is -16.7. The van der Waals surface area contributed by atoms with Gasteiger partial charge in [-0.1, -0.05) is 433 Å². The van der Waals surface area contributed by atoms with Gasteiger partial charge in [0.1, 0.15) is 45.8 Å². The van der Waals surface area contributed by atoms with Crippen LogP contribution in [-0.2, 0) is 10.8 Å². The molecule has 0 aliphatic heterocycles. The first-order chi connectivity index (χ1) is 67.5. The Bertz CT molecular complexity index is 7400. The summed E-state index contributed by atoms with van der Waals surface area (Å²) in [6, 6.07) is 164. The standard InChI is InChI=1S/C72H68N2O2.C58H40N2O2/c1-47(2)49-31-39-57(40-32-49)73(59-43-35-55(36-44-59)71(5,6)7)65-63-61(51-23-15-11-16-24-51)67(53-27-19-13-20-28-53)76-70(63)66(64-62(52-25-17-12-18-26-52)68(75-69(64)65)54-29-21-14-22-30-54)74(58-41-33-50(34-42-58)48(3)4)60-45-37-56(38-46-60)72(8,9)10;1-9-25-41(26-10-1)49-51-53(59(45-33-17-5-18-34-45)46-35-19-6-20-36-46)58-52(50(42-27-11-2-12-28-42)56(62-58)44-31-15-4-16-32-44)54(57(51)61-55(49)43-29-13-3-14-30-43)60(47-37-21-7-22-38-47)48-39-23-8-24-40-48/h11-48H,1-10H3;1-40H. The highest BCUT2D eigenvalue weighted by Crippen LogP contribution is 2.64. The van der Waals surface area contributed by atoms with Gasteiger partial charge in [-0.15, -0.1) is 0 Å². The number of nitrogens with zero attached hydrogens (tertiary/aromatic N) is 4. The van der Waals surface area contributed by atoms with Crippen molar-refractivity contribution in [3.63, 3.8) is 0 Å². The lowest BCUT2D eigenvalue weighted by molar-refractivity contribution is 0.590. The average molecular weight is 1790 g/mol. The first-order valence-corrected chi connectivity index (χ1v) is 47.9. The number of furan rings is 4. The van der Waals surface area contributed by atoms with E-state index in [4.69, 9.17) is 17.7 Å². The smallest absolute Gasteiger partial charge is 0.162 e. The molecule has 0 saturated heterocycles. The molecule has 22 aromatic rings. The number of anilines is 12. The van der Waals surface area contributed by atoms with Crippen LogP contribution < -0.4 is 19.6 Å². The molecule has 4 aromatic heterocycles. The normalized spacial score (nSPS) is 11.7. The highest BCUT2D eigenvalue weighted by Gasteiger charge is 2.41. The largest absolute Gasteiger partial charge is 0.453 e. The fraction of sp³-hybridized carbons (Fsp3) is 0.108. The van der Waals surface area contributed by atoms with Crippen molar-refractivity contribution >= 4 is 112 Å². The molecule has 672 valence electrons. The summed E-state index contributed by atoms with van der Waals surface area (Å²) in [5.41, 5.74) is 31.3. The van der Waals surface area contributed by atoms with Gasteiger partial charge in [0.05, 0.1) is 21.5 Å². The van der Waals surface area contributed by atoms with Gasteiger partial charge in [0, 0.05) is 90.0 Å². The van der Waals surface area contributed by atoms with Crippen molar-refractivity contribution in [3.8, 4) is 89.8 Å². The third kappa shape index (κ3) is 16.8. The van der Waals surface area contributed by atoms with Crippen LogP contribution in [0.1, 0.15) is 103 Å². The van der Waals surface area contributed by atoms with Gasteiger partial charge in [-0.2, -0.15) is 0 Å². The lowest BCUT2D eigenvalue weighted by atomic mass is 9.87. The Morgan fingerprint density at radius 2 is 0.326 bits per heavy atom. The van der Waals surface area contributed by atoms with Crippen molar-refractivity contribution in [3.05, 3.63) is 483 Å². The van der Waals surface area contributed by atoms with E-state index in [0.29, 0.717) is 11.8 Å². The summed E-state index contributed by atoms with van der Waals surface area (Å²) < 4.78 is 31.2. The number of fused-ring (bicyclic) bond motifs is 4. The van der Waals surface area contributed by atoms with Crippen LogP contribution in [-0.4, -0.2) is 0 Å². The van der Waals surface area contributed by atoms with Crippen molar-refractivity contribution in [2.24, 2.45) is 0 Å². The summed E-state index contributed by atoms with van der Waals surface area (Å²) in [5.74, 6) is 3.80. The molecule has 0 unspecified atom stereocenters. The van der Waals surface area contributed by atoms with Gasteiger partial charge in [-0.3, -0.25) is 0 Å². The molecule has 8 heteroatoms. The van der Waals surface area contributed by atoms with E-state index in [1.165, 1.54) is 22.3 Å². The second-order valence-electron chi connectivity index (χ2n) is 38.1. The van der Waals surface area contributed by atoms with Crippen molar-refractivity contribution in [1.82, 2.24) is 0 Å². The zero-order chi connectivity index (χ0) is 94.1. The predicted octanol–water partition coefficient (Wildman–Crippen LogP) is 38.4. The maximum absolute atomic E-state index is 7.92. The maximum atomic E-state index is 7.92. The molecule has 0 amide bonds. The first-order valence-electron chi connectivity index (χ1n) is 47.9. The van der Waals surface area contributed by atoms with Gasteiger partial charge in [-0.25, -0.2) is 0 Å². The molecule has 0 aliphatic rings. The molecule has 0 aliphatic carbocycles. The third-order valence-corrected chi connectivity index (χ3v) is 26.4. The number of para-hydroxylation sites is 4. The zero-order valence-electron chi connectivity index (χ0n) is 79.5. The Labute approximate surface area is 808 Å². The van der Waals surface area contributed by atoms with E-state index in [-0.39, 0.29) is 10.8 Å². The van der Waals surface area contributed by atoms with Crippen LogP contribution in [0.3, 0.4) is 0 Å². The van der Waals surface area contributed by atoms with Crippen molar-refractivity contribution in [2.75, 3.05) is 19.6 Å². The summed E-state index contributed by atoms with van der Waals surface area (Å²) in [5, 5.41) is 3.72. The average Bonchev–Trinajstić information content (AvgIpc) is 1.53. The molecule has 0 radical (unpaired) electrons. The molecule has 8 nitrogen and oxygen atoms in total. The Kier molecular flexibility index (Phi) is 24.0. The van der Waals surface area contributed by atoms with E-state index in [9.17, 15) is 0 Å². The lowest BCUT2D eigenvalue weighted by Gasteiger charge is -2.31. The van der Waals surface area contributed by atoms with Crippen LogP contribution in [0.2, 0.25) is 0 Å². The van der Waals surface area contributed by atoms with E-state index >= 15 is 0 Å². The molecule has 138 heavy (non-hydrogen) atoms. The fourth-order valence-corrected chi connectivity index (χ4v) is 19.5. The van der Waals surface area contributed by atoms with Gasteiger partial charge in [0.15, 0.2) is 22.3 Å². The molecule has 0 fully saturated rings. The molecule has 0 atom stereocenters. The molecular formula is C130H108N4O4. The number of rotatable bonds is 22. The Morgan fingerprint density at radius 3 is 0.493 bits per heavy atom. The monoisotopic (exact) mass is 1790 g/mol. The molecule has 22 rings (SSSR count). The molecule has 0 N–H and O–H groups in total. The Balaban J connectivity index is 0.000000168. The van der Waals surface area contributed by atoms with E-state index in [0.717, 1.165) is 202 Å². The number of benzene rings is 18. The maximum Gasteiger partial charge on any atom is 0.162 e. The lowest BCUT2D eigenvalue weighted by Crippen LogP contribution is -2.16. The van der Waals surface area contributed by atoms with Crippen LogP contribution in [0.4, 0.5) is 68.2 Å². The van der Waals surface area contributed by atoms with E-state index < -0.39 is 0 Å². The fourth-order valence-electron chi connectivity index (χ4n) is 19.5. The van der Waals surface area contributed by atoms with Gasteiger partial charge < -0.3 is 37.3 Å². The zero-order valence-corrected chi connectivity index (χ0v) is 79.5. The number of hydrogen-bond donors (Lipinski definition) is 0. The molecule has 0 bridgehead atoms. The van der Waals surface area contributed by atoms with E-state index in [1.54, 1.807) is 0 Å². The highest BCUT2D eigenvalue weighted by molar-refractivity contribution is 6.31. The molecular weight excluding hydrogens is 1680 g/mol. The van der Waals surface area contributed by atoms with Crippen LogP contribution in [0.15, 0.2) is 479 Å². The van der Waals surface area contributed by atoms with Crippen LogP contribution in [0.5, 0.6) is 0 Å². The van der Waals surface area contributed by atoms with Crippen molar-refractivity contribution in [2.45, 2.75) is 91.9 Å². The van der Waals surface area contributed by atoms with Gasteiger partial charge in [0.25, 0.3) is 0 Å². The SMILES string of the molecule is CC(C)c1ccc(N(c2ccc(C(C)(C)C)cc2)c2c3oc(-c4ccccc4)c(-c4ccccc4)c3c(N(c3ccc(C(C)C)cc3)c3ccc(C(C)(C)C)cc3)c3oc(-c4ccccc4)c(-c4ccccc4)c23)cc1.c1ccc(-c2oc3c(N(c4ccccc4)c4ccccc4)c4c(-c5ccccc5)c(-c5ccccc5)oc4c(N(c4ccccc4)c4ccccc4)c3c2-c2ccccc2)cc1. The van der Waals surface area contributed by atoms with Gasteiger partial charge in [-0.05, 0) is 164 Å². The second kappa shape index (κ2) is 37.6. The van der Waals surface area contributed by atoms with Crippen LogP contribution in [0, 0.1) is 0 Å². The van der Waals surface area contributed by atoms with Gasteiger partial charge in [0.2, 0.25) is 0 Å². The summed E-state index contributed by atoms with van der Waals surface area (Å²) in [4.78, 5) is 9.53. The minimum Gasteiger partial charge on any atom is -0.453 e. The highest BCUT2D eigenvalue weighted by atomic mass is 16.4. The summed E-state index contributed by atoms with van der Waals surface area (Å²) in [7, 11) is 0. The molecule has 18 aromatic carbocycles. The van der Waals surface area contributed by atoms with Crippen LogP contribution >= 0.6 is 0 Å². The Morgan fingerprint density at radius 1 is 0.174 bits per heavy atom. The third-order valence-electron chi connectivity index (χ3n) is 26.4. The van der Waals surface area contributed by atoms with Crippen molar-refractivity contribution < 1.29 is 17.7 Å². The second-order valence-corrected chi connectivity index (χ2v) is 38.1. The van der Waals surface area contributed by atoms with Crippen LogP contribution in [0.25, 0.3) is 134 Å². The molecule has 0 saturated carbocycles. The first kappa shape index (κ1) is 87.9. The number of hydrogen-bond acceptors (Lipinski definition) is 8. The topological polar surface area (TPSA) is 65.5 Å².